The lowest BCUT2D eigenvalue weighted by atomic mass is 9.94. The third-order valence-corrected chi connectivity index (χ3v) is 3.16. The van der Waals surface area contributed by atoms with Crippen LogP contribution in [0.1, 0.15) is 10.4 Å². The van der Waals surface area contributed by atoms with Gasteiger partial charge in [-0.3, -0.25) is 0 Å². The van der Waals surface area contributed by atoms with E-state index in [0.29, 0.717) is 16.7 Å². The summed E-state index contributed by atoms with van der Waals surface area (Å²) < 4.78 is 0. The number of aromatic nitrogens is 2. The second-order valence-corrected chi connectivity index (χ2v) is 4.60. The summed E-state index contributed by atoms with van der Waals surface area (Å²) in [7, 11) is 2.00. The topological polar surface area (TPSA) is 63.1 Å². The van der Waals surface area contributed by atoms with Crippen LogP contribution in [0.15, 0.2) is 48.7 Å². The summed E-state index contributed by atoms with van der Waals surface area (Å²) in [6.07, 6.45) is 1.61. The molecule has 4 nitrogen and oxygen atoms in total. The van der Waals surface area contributed by atoms with Crippen molar-refractivity contribution in [2.24, 2.45) is 0 Å². The van der Waals surface area contributed by atoms with Gasteiger partial charge in [0.15, 0.2) is 5.65 Å². The zero-order chi connectivity index (χ0) is 14.1. The molecule has 0 spiro atoms. The van der Waals surface area contributed by atoms with E-state index in [1.165, 1.54) is 0 Å². The molecule has 0 amide bonds. The number of aromatic carboxylic acids is 1. The van der Waals surface area contributed by atoms with Crippen LogP contribution in [0.5, 0.6) is 0 Å². The Hall–Kier alpha value is -2.69. The maximum Gasteiger partial charge on any atom is 0.336 e. The van der Waals surface area contributed by atoms with E-state index in [9.17, 15) is 9.90 Å². The first-order valence-electron chi connectivity index (χ1n) is 6.21. The van der Waals surface area contributed by atoms with Gasteiger partial charge in [0.05, 0.1) is 11.3 Å². The second-order valence-electron chi connectivity index (χ2n) is 4.60. The van der Waals surface area contributed by atoms with Gasteiger partial charge in [0.25, 0.3) is 0 Å². The van der Waals surface area contributed by atoms with Crippen molar-refractivity contribution in [3.8, 4) is 11.3 Å². The van der Waals surface area contributed by atoms with Crippen LogP contribution in [0, 0.1) is 0 Å². The highest BCUT2D eigenvalue weighted by Gasteiger charge is 2.13. The van der Waals surface area contributed by atoms with E-state index in [2.05, 4.69) is 9.97 Å². The minimum absolute atomic E-state index is 0.221. The highest BCUT2D eigenvalue weighted by Crippen LogP contribution is 2.23. The molecule has 0 fully saturated rings. The van der Waals surface area contributed by atoms with Gasteiger partial charge in [-0.25, -0.2) is 14.8 Å². The van der Waals surface area contributed by atoms with Gasteiger partial charge in [0.1, 0.15) is 7.85 Å². The van der Waals surface area contributed by atoms with Gasteiger partial charge in [0.2, 0.25) is 0 Å². The Balaban J connectivity index is 2.27. The standard InChI is InChI=1S/C15H11BN2O2/c16-10-5-3-9(4-6-10)13-8-12(15(19)20)11-2-1-7-17-14(11)18-13/h1-8H,16H2,(H,19,20). The molecule has 0 radical (unpaired) electrons. The lowest BCUT2D eigenvalue weighted by Crippen LogP contribution is -2.02. The average Bonchev–Trinajstić information content (AvgIpc) is 2.46. The molecule has 0 atom stereocenters. The number of nitrogens with zero attached hydrogens (tertiary/aromatic N) is 2. The van der Waals surface area contributed by atoms with Crippen molar-refractivity contribution in [2.75, 3.05) is 0 Å². The summed E-state index contributed by atoms with van der Waals surface area (Å²) in [6.45, 7) is 0. The van der Waals surface area contributed by atoms with Gasteiger partial charge < -0.3 is 5.11 Å². The normalized spacial score (nSPS) is 10.6. The molecule has 0 saturated heterocycles. The quantitative estimate of drug-likeness (QED) is 0.706. The van der Waals surface area contributed by atoms with E-state index in [4.69, 9.17) is 0 Å². The number of rotatable bonds is 2. The summed E-state index contributed by atoms with van der Waals surface area (Å²) in [5, 5.41) is 9.89. The van der Waals surface area contributed by atoms with Crippen LogP contribution in [0.4, 0.5) is 0 Å². The molecule has 2 aromatic heterocycles. The molecule has 5 heteroatoms. The number of pyridine rings is 2. The molecule has 0 aliphatic rings. The molecule has 2 heterocycles. The fourth-order valence-corrected chi connectivity index (χ4v) is 2.11. The third-order valence-electron chi connectivity index (χ3n) is 3.16. The highest BCUT2D eigenvalue weighted by molar-refractivity contribution is 6.32. The maximum atomic E-state index is 11.4. The van der Waals surface area contributed by atoms with Crippen LogP contribution in [0.3, 0.4) is 0 Å². The lowest BCUT2D eigenvalue weighted by Gasteiger charge is -2.06. The van der Waals surface area contributed by atoms with E-state index in [1.54, 1.807) is 24.4 Å². The van der Waals surface area contributed by atoms with Crippen LogP contribution in [0.2, 0.25) is 0 Å². The van der Waals surface area contributed by atoms with Crippen LogP contribution < -0.4 is 5.46 Å². The van der Waals surface area contributed by atoms with Crippen molar-refractivity contribution in [3.63, 3.8) is 0 Å². The predicted molar refractivity (Wildman–Crippen MR) is 80.1 cm³/mol. The Morgan fingerprint density at radius 3 is 2.60 bits per heavy atom. The summed E-state index contributed by atoms with van der Waals surface area (Å²) in [5.41, 5.74) is 3.31. The third kappa shape index (κ3) is 2.14. The Bertz CT molecular complexity index is 801. The number of carboxylic acid groups (broad SMARTS) is 1. The first-order chi connectivity index (χ1) is 9.65. The van der Waals surface area contributed by atoms with Crippen LogP contribution in [-0.2, 0) is 0 Å². The fourth-order valence-electron chi connectivity index (χ4n) is 2.11. The number of hydrogen-bond donors (Lipinski definition) is 1. The molecule has 96 valence electrons. The number of fused-ring (bicyclic) bond motifs is 1. The molecule has 0 aliphatic carbocycles. The van der Waals surface area contributed by atoms with Gasteiger partial charge in [-0.2, -0.15) is 0 Å². The SMILES string of the molecule is Bc1ccc(-c2cc(C(=O)O)c3cccnc3n2)cc1. The van der Waals surface area contributed by atoms with Crippen molar-refractivity contribution in [3.05, 3.63) is 54.2 Å². The summed E-state index contributed by atoms with van der Waals surface area (Å²) in [4.78, 5) is 20.0. The van der Waals surface area contributed by atoms with Crippen molar-refractivity contribution in [1.29, 1.82) is 0 Å². The molecule has 0 aliphatic heterocycles. The van der Waals surface area contributed by atoms with E-state index >= 15 is 0 Å². The smallest absolute Gasteiger partial charge is 0.336 e. The highest BCUT2D eigenvalue weighted by atomic mass is 16.4. The largest absolute Gasteiger partial charge is 0.478 e. The molecule has 0 bridgehead atoms. The van der Waals surface area contributed by atoms with E-state index in [0.717, 1.165) is 11.0 Å². The van der Waals surface area contributed by atoms with Gasteiger partial charge in [-0.1, -0.05) is 29.7 Å². The molecule has 3 rings (SSSR count). The van der Waals surface area contributed by atoms with Crippen molar-refractivity contribution in [1.82, 2.24) is 9.97 Å². The number of benzene rings is 1. The predicted octanol–water partition coefficient (Wildman–Crippen LogP) is 1.25. The zero-order valence-corrected chi connectivity index (χ0v) is 10.9. The van der Waals surface area contributed by atoms with E-state index < -0.39 is 5.97 Å². The molecule has 1 N–H and O–H groups in total. The summed E-state index contributed by atoms with van der Waals surface area (Å²) >= 11 is 0. The summed E-state index contributed by atoms with van der Waals surface area (Å²) in [5.74, 6) is -0.973. The van der Waals surface area contributed by atoms with Crippen LogP contribution in [0.25, 0.3) is 22.3 Å². The summed E-state index contributed by atoms with van der Waals surface area (Å²) in [6, 6.07) is 12.8. The van der Waals surface area contributed by atoms with Gasteiger partial charge >= 0.3 is 5.97 Å². The zero-order valence-electron chi connectivity index (χ0n) is 10.9. The molecular weight excluding hydrogens is 251 g/mol. The Morgan fingerprint density at radius 1 is 1.15 bits per heavy atom. The first-order valence-corrected chi connectivity index (χ1v) is 6.21. The van der Waals surface area contributed by atoms with Crippen LogP contribution in [-0.4, -0.2) is 28.9 Å². The Morgan fingerprint density at radius 2 is 1.90 bits per heavy atom. The average molecular weight is 262 g/mol. The lowest BCUT2D eigenvalue weighted by molar-refractivity contribution is 0.0699. The molecule has 1 aromatic carbocycles. The Kier molecular flexibility index (Phi) is 2.95. The maximum absolute atomic E-state index is 11.4. The van der Waals surface area contributed by atoms with E-state index in [1.807, 2.05) is 32.1 Å². The minimum atomic E-state index is -0.973. The van der Waals surface area contributed by atoms with Crippen molar-refractivity contribution < 1.29 is 9.90 Å². The molecule has 20 heavy (non-hydrogen) atoms. The number of hydrogen-bond acceptors (Lipinski definition) is 3. The van der Waals surface area contributed by atoms with Gasteiger partial charge in [-0.15, -0.1) is 0 Å². The minimum Gasteiger partial charge on any atom is -0.478 e. The Labute approximate surface area is 116 Å². The van der Waals surface area contributed by atoms with Gasteiger partial charge in [-0.05, 0) is 18.2 Å². The number of carbonyl (C=O) groups is 1. The fraction of sp³-hybridized carbons (Fsp3) is 0. The van der Waals surface area contributed by atoms with E-state index in [-0.39, 0.29) is 5.56 Å². The van der Waals surface area contributed by atoms with Gasteiger partial charge in [0, 0.05) is 17.1 Å². The van der Waals surface area contributed by atoms with Crippen molar-refractivity contribution in [2.45, 2.75) is 0 Å². The monoisotopic (exact) mass is 262 g/mol. The number of carboxylic acids is 1. The molecule has 0 saturated carbocycles. The molecular formula is C15H11BN2O2. The second kappa shape index (κ2) is 4.77. The molecule has 0 unspecified atom stereocenters. The first kappa shape index (κ1) is 12.4. The molecule has 3 aromatic rings. The van der Waals surface area contributed by atoms with Crippen LogP contribution >= 0.6 is 0 Å². The van der Waals surface area contributed by atoms with Crippen molar-refractivity contribution >= 4 is 30.3 Å².